The lowest BCUT2D eigenvalue weighted by atomic mass is 10.1. The van der Waals surface area contributed by atoms with Gasteiger partial charge < -0.3 is 10.1 Å². The van der Waals surface area contributed by atoms with Crippen LogP contribution < -0.4 is 5.32 Å². The van der Waals surface area contributed by atoms with E-state index in [2.05, 4.69) is 24.4 Å². The van der Waals surface area contributed by atoms with E-state index in [1.165, 1.54) is 109 Å². The smallest absolute Gasteiger partial charge is 0.328 e. The van der Waals surface area contributed by atoms with Crippen LogP contribution in [0.5, 0.6) is 0 Å². The molecule has 0 aromatic carbocycles. The van der Waals surface area contributed by atoms with Gasteiger partial charge in [-0.25, -0.2) is 4.79 Å². The second-order valence-corrected chi connectivity index (χ2v) is 9.53. The summed E-state index contributed by atoms with van der Waals surface area (Å²) in [6.07, 6.45) is 30.8. The minimum atomic E-state index is -0.409. The van der Waals surface area contributed by atoms with Crippen molar-refractivity contribution in [3.8, 4) is 0 Å². The van der Waals surface area contributed by atoms with Gasteiger partial charge >= 0.3 is 5.97 Å². The van der Waals surface area contributed by atoms with E-state index in [0.717, 1.165) is 12.8 Å². The summed E-state index contributed by atoms with van der Waals surface area (Å²) in [7, 11) is 0. The first-order chi connectivity index (χ1) is 15.7. The Hall–Kier alpha value is -1.32. The van der Waals surface area contributed by atoms with Crippen molar-refractivity contribution < 1.29 is 14.3 Å². The predicted octanol–water partition coefficient (Wildman–Crippen LogP) is 7.80. The lowest BCUT2D eigenvalue weighted by molar-refractivity contribution is -0.146. The van der Waals surface area contributed by atoms with Crippen LogP contribution in [0.4, 0.5) is 0 Å². The number of carbonyl (C=O) groups excluding carboxylic acids is 2. The highest BCUT2D eigenvalue weighted by Crippen LogP contribution is 2.13. The van der Waals surface area contributed by atoms with Crippen LogP contribution in [0.1, 0.15) is 142 Å². The SMILES string of the molecule is CCCCCCCCC/C=C/CCCCCCCCCCCCOC(=O)[C@@H]1CCC(=O)N1. The number of amides is 1. The molecule has 1 N–H and O–H groups in total. The molecule has 1 heterocycles. The fourth-order valence-electron chi connectivity index (χ4n) is 4.30. The molecule has 32 heavy (non-hydrogen) atoms. The highest BCUT2D eigenvalue weighted by Gasteiger charge is 2.28. The van der Waals surface area contributed by atoms with Crippen molar-refractivity contribution in [3.63, 3.8) is 0 Å². The molecule has 1 rings (SSSR count). The zero-order valence-corrected chi connectivity index (χ0v) is 21.0. The monoisotopic (exact) mass is 449 g/mol. The number of esters is 1. The van der Waals surface area contributed by atoms with E-state index >= 15 is 0 Å². The van der Waals surface area contributed by atoms with Crippen LogP contribution in [0.3, 0.4) is 0 Å². The molecule has 1 amide bonds. The fourth-order valence-corrected chi connectivity index (χ4v) is 4.30. The highest BCUT2D eigenvalue weighted by atomic mass is 16.5. The van der Waals surface area contributed by atoms with Crippen LogP contribution >= 0.6 is 0 Å². The Morgan fingerprint density at radius 3 is 1.72 bits per heavy atom. The van der Waals surface area contributed by atoms with Crippen LogP contribution in [0.25, 0.3) is 0 Å². The Morgan fingerprint density at radius 2 is 1.25 bits per heavy atom. The van der Waals surface area contributed by atoms with Crippen molar-refractivity contribution in [2.24, 2.45) is 0 Å². The maximum Gasteiger partial charge on any atom is 0.328 e. The molecule has 1 atom stereocenters. The Bertz CT molecular complexity index is 489. The van der Waals surface area contributed by atoms with E-state index in [0.29, 0.717) is 19.4 Å². The highest BCUT2D eigenvalue weighted by molar-refractivity contribution is 5.87. The van der Waals surface area contributed by atoms with Crippen molar-refractivity contribution >= 4 is 11.9 Å². The number of ether oxygens (including phenoxy) is 1. The Kier molecular flexibility index (Phi) is 19.3. The van der Waals surface area contributed by atoms with Crippen LogP contribution in [0.2, 0.25) is 0 Å². The van der Waals surface area contributed by atoms with Crippen LogP contribution in [-0.2, 0) is 14.3 Å². The molecule has 0 bridgehead atoms. The van der Waals surface area contributed by atoms with Gasteiger partial charge in [-0.3, -0.25) is 4.79 Å². The topological polar surface area (TPSA) is 55.4 Å². The van der Waals surface area contributed by atoms with Crippen LogP contribution in [0, 0.1) is 0 Å². The summed E-state index contributed by atoms with van der Waals surface area (Å²) in [4.78, 5) is 22.9. The molecule has 0 aliphatic carbocycles. The summed E-state index contributed by atoms with van der Waals surface area (Å²) in [6.45, 7) is 2.76. The summed E-state index contributed by atoms with van der Waals surface area (Å²) in [5.41, 5.74) is 0. The van der Waals surface area contributed by atoms with Gasteiger partial charge in [0.15, 0.2) is 0 Å². The van der Waals surface area contributed by atoms with E-state index in [4.69, 9.17) is 4.74 Å². The molecule has 186 valence electrons. The Balaban J connectivity index is 1.71. The van der Waals surface area contributed by atoms with E-state index < -0.39 is 6.04 Å². The largest absolute Gasteiger partial charge is 0.464 e. The van der Waals surface area contributed by atoms with Crippen LogP contribution in [0.15, 0.2) is 12.2 Å². The third-order valence-electron chi connectivity index (χ3n) is 6.43. The average Bonchev–Trinajstić information content (AvgIpc) is 3.23. The number of allylic oxidation sites excluding steroid dienone is 2. The quantitative estimate of drug-likeness (QED) is 0.104. The maximum atomic E-state index is 11.8. The summed E-state index contributed by atoms with van der Waals surface area (Å²) in [5.74, 6) is -0.308. The van der Waals surface area contributed by atoms with E-state index in [1.54, 1.807) is 0 Å². The number of hydrogen-bond donors (Lipinski definition) is 1. The van der Waals surface area contributed by atoms with Crippen LogP contribution in [-0.4, -0.2) is 24.5 Å². The van der Waals surface area contributed by atoms with Gasteiger partial charge in [-0.1, -0.05) is 109 Å². The number of rotatable bonds is 22. The van der Waals surface area contributed by atoms with E-state index in [-0.39, 0.29) is 11.9 Å². The lowest BCUT2D eigenvalue weighted by Gasteiger charge is -2.09. The number of nitrogens with one attached hydrogen (secondary N) is 1. The van der Waals surface area contributed by atoms with Gasteiger partial charge in [0.05, 0.1) is 6.61 Å². The van der Waals surface area contributed by atoms with Gasteiger partial charge in [0.1, 0.15) is 6.04 Å². The molecule has 0 spiro atoms. The number of carbonyl (C=O) groups is 2. The van der Waals surface area contributed by atoms with Gasteiger partial charge in [-0.2, -0.15) is 0 Å². The summed E-state index contributed by atoms with van der Waals surface area (Å²) >= 11 is 0. The van der Waals surface area contributed by atoms with Gasteiger partial charge in [-0.05, 0) is 38.5 Å². The molecule has 0 unspecified atom stereocenters. The standard InChI is InChI=1S/C28H51NO3/c1-2-3-4-5-6-7-8-9-10-11-12-13-14-15-16-17-18-19-20-21-22-25-32-28(31)26-23-24-27(30)29-26/h10-11,26H,2-9,12-25H2,1H3,(H,29,30)/b11-10+/t26-/m0/s1. The number of hydrogen-bond acceptors (Lipinski definition) is 3. The predicted molar refractivity (Wildman–Crippen MR) is 135 cm³/mol. The third-order valence-corrected chi connectivity index (χ3v) is 6.43. The molecule has 0 saturated carbocycles. The first-order valence-corrected chi connectivity index (χ1v) is 13.8. The average molecular weight is 450 g/mol. The maximum absolute atomic E-state index is 11.8. The second-order valence-electron chi connectivity index (χ2n) is 9.53. The van der Waals surface area contributed by atoms with Gasteiger partial charge in [-0.15, -0.1) is 0 Å². The van der Waals surface area contributed by atoms with Crippen molar-refractivity contribution in [3.05, 3.63) is 12.2 Å². The Labute approximate surface area is 198 Å². The fraction of sp³-hybridized carbons (Fsp3) is 0.857. The number of unbranched alkanes of at least 4 members (excludes halogenated alkanes) is 17. The minimum absolute atomic E-state index is 0.0436. The molecule has 4 nitrogen and oxygen atoms in total. The lowest BCUT2D eigenvalue weighted by Crippen LogP contribution is -2.34. The molecule has 1 fully saturated rings. The molecular weight excluding hydrogens is 398 g/mol. The van der Waals surface area contributed by atoms with Crippen molar-refractivity contribution in [1.82, 2.24) is 5.32 Å². The second kappa shape index (κ2) is 21.5. The van der Waals surface area contributed by atoms with Gasteiger partial charge in [0.2, 0.25) is 5.91 Å². The molecule has 4 heteroatoms. The molecule has 1 saturated heterocycles. The zero-order chi connectivity index (χ0) is 23.1. The molecule has 1 aliphatic rings. The third kappa shape index (κ3) is 17.3. The summed E-state index contributed by atoms with van der Waals surface area (Å²) in [6, 6.07) is -0.409. The van der Waals surface area contributed by atoms with Gasteiger partial charge in [0, 0.05) is 6.42 Å². The van der Waals surface area contributed by atoms with Crippen molar-refractivity contribution in [2.45, 2.75) is 148 Å². The minimum Gasteiger partial charge on any atom is -0.464 e. The Morgan fingerprint density at radius 1 is 0.781 bits per heavy atom. The zero-order valence-electron chi connectivity index (χ0n) is 21.0. The van der Waals surface area contributed by atoms with E-state index in [1.807, 2.05) is 0 Å². The normalized spacial score (nSPS) is 16.0. The summed E-state index contributed by atoms with van der Waals surface area (Å²) < 4.78 is 5.26. The molecule has 0 radical (unpaired) electrons. The van der Waals surface area contributed by atoms with Crippen molar-refractivity contribution in [1.29, 1.82) is 0 Å². The molecule has 0 aromatic rings. The molecule has 1 aliphatic heterocycles. The van der Waals surface area contributed by atoms with Gasteiger partial charge in [0.25, 0.3) is 0 Å². The van der Waals surface area contributed by atoms with Crippen molar-refractivity contribution in [2.75, 3.05) is 6.61 Å². The first-order valence-electron chi connectivity index (χ1n) is 13.8. The summed E-state index contributed by atoms with van der Waals surface area (Å²) in [5, 5.41) is 2.65. The first kappa shape index (κ1) is 28.7. The molecule has 0 aromatic heterocycles. The van der Waals surface area contributed by atoms with E-state index in [9.17, 15) is 9.59 Å². The molecular formula is C28H51NO3.